The molecule has 0 radical (unpaired) electrons. The third kappa shape index (κ3) is 2.31. The molecule has 4 rings (SSSR count). The van der Waals surface area contributed by atoms with E-state index < -0.39 is 6.42 Å². The van der Waals surface area contributed by atoms with Crippen molar-refractivity contribution in [2.24, 2.45) is 5.10 Å². The topological polar surface area (TPSA) is 28.1 Å². The Balaban J connectivity index is 1.91. The van der Waals surface area contributed by atoms with E-state index in [0.29, 0.717) is 0 Å². The maximum Gasteiger partial charge on any atom is 0.209 e. The first kappa shape index (κ1) is 17.5. The number of hydrazone groups is 1. The third-order valence-electron chi connectivity index (χ3n) is 5.19. The zero-order chi connectivity index (χ0) is 18.5. The van der Waals surface area contributed by atoms with Gasteiger partial charge in [-0.25, -0.2) is 4.78 Å². The Hall–Kier alpha value is -1.94. The van der Waals surface area contributed by atoms with Crippen molar-refractivity contribution in [1.82, 2.24) is 0 Å². The van der Waals surface area contributed by atoms with Gasteiger partial charge in [-0.3, -0.25) is 0 Å². The summed E-state index contributed by atoms with van der Waals surface area (Å²) in [4.78, 5) is 2.24. The van der Waals surface area contributed by atoms with Crippen LogP contribution in [0.15, 0.2) is 70.7 Å². The first-order valence-electron chi connectivity index (χ1n) is 8.55. The summed E-state index contributed by atoms with van der Waals surface area (Å²) in [6.45, 7) is 4.48. The number of para-hydroxylation sites is 2. The molecule has 0 amide bonds. The van der Waals surface area contributed by atoms with Crippen molar-refractivity contribution in [2.75, 3.05) is 23.8 Å². The number of hydrogen-bond acceptors (Lipinski definition) is 4. The minimum atomic E-state index is -2.51. The van der Waals surface area contributed by atoms with Crippen LogP contribution in [0.25, 0.3) is 0 Å². The lowest BCUT2D eigenvalue weighted by molar-refractivity contribution is 0.462. The van der Waals surface area contributed by atoms with E-state index in [1.807, 2.05) is 41.3 Å². The van der Waals surface area contributed by atoms with E-state index >= 15 is 0 Å². The van der Waals surface area contributed by atoms with Crippen molar-refractivity contribution >= 4 is 35.8 Å². The molecule has 0 aromatic heterocycles. The van der Waals surface area contributed by atoms with E-state index in [0.717, 1.165) is 11.0 Å². The van der Waals surface area contributed by atoms with Crippen LogP contribution in [-0.4, -0.2) is 20.4 Å². The van der Waals surface area contributed by atoms with Gasteiger partial charge in [0.15, 0.2) is 0 Å². The predicted octanol–water partition coefficient (Wildman–Crippen LogP) is 5.09. The summed E-state index contributed by atoms with van der Waals surface area (Å²) >= 11 is 6.10. The monoisotopic (exact) mass is 383 g/mol. The molecule has 6 heteroatoms. The molecule has 2 aromatic rings. The summed E-state index contributed by atoms with van der Waals surface area (Å²) in [5, 5.41) is 5.68. The average Bonchev–Trinajstić information content (AvgIpc) is 3.09. The number of benzene rings is 2. The van der Waals surface area contributed by atoms with Crippen LogP contribution in [0.3, 0.4) is 0 Å². The van der Waals surface area contributed by atoms with Crippen molar-refractivity contribution in [3.05, 3.63) is 71.2 Å². The van der Waals surface area contributed by atoms with E-state index in [4.69, 9.17) is 16.3 Å². The van der Waals surface area contributed by atoms with Gasteiger partial charge in [0.05, 0.1) is 17.2 Å². The summed E-state index contributed by atoms with van der Waals surface area (Å²) < 4.78 is 7.86. The lowest BCUT2D eigenvalue weighted by Crippen LogP contribution is -2.25. The highest BCUT2D eigenvalue weighted by molar-refractivity contribution is 8.15. The van der Waals surface area contributed by atoms with Crippen LogP contribution in [0.2, 0.25) is 0 Å². The molecule has 26 heavy (non-hydrogen) atoms. The summed E-state index contributed by atoms with van der Waals surface area (Å²) in [5.41, 5.74) is 4.48. The fraction of sp³-hybridized carbons (Fsp3) is 0.250. The molecule has 134 valence electrons. The van der Waals surface area contributed by atoms with Crippen molar-refractivity contribution < 1.29 is 4.52 Å². The molecule has 2 aliphatic heterocycles. The van der Waals surface area contributed by atoms with Gasteiger partial charge in [0.25, 0.3) is 0 Å². The molecule has 0 N–H and O–H groups in total. The highest BCUT2D eigenvalue weighted by atomic mass is 32.4. The van der Waals surface area contributed by atoms with Crippen molar-refractivity contribution in [1.29, 1.82) is 0 Å². The number of allylic oxidation sites excluding steroid dienone is 2. The molecule has 0 fully saturated rings. The van der Waals surface area contributed by atoms with E-state index in [-0.39, 0.29) is 5.41 Å². The Morgan fingerprint density at radius 1 is 1.04 bits per heavy atom. The summed E-state index contributed by atoms with van der Waals surface area (Å²) in [5.74, 6) is 0. The van der Waals surface area contributed by atoms with Gasteiger partial charge in [-0.1, -0.05) is 50.2 Å². The molecule has 2 heterocycles. The third-order valence-corrected chi connectivity index (χ3v) is 8.95. The van der Waals surface area contributed by atoms with Crippen molar-refractivity contribution in [2.45, 2.75) is 19.3 Å². The van der Waals surface area contributed by atoms with Crippen LogP contribution < -0.4 is 9.68 Å². The molecule has 0 saturated heterocycles. The molecule has 2 aromatic carbocycles. The van der Waals surface area contributed by atoms with Gasteiger partial charge in [-0.15, -0.1) is 0 Å². The number of fused-ring (bicyclic) bond motifs is 1. The molecule has 0 aliphatic carbocycles. The highest BCUT2D eigenvalue weighted by Gasteiger charge is 2.46. The van der Waals surface area contributed by atoms with E-state index in [1.165, 1.54) is 16.9 Å². The smallest absolute Gasteiger partial charge is 0.209 e. The molecule has 0 bridgehead atoms. The first-order chi connectivity index (χ1) is 12.4. The van der Waals surface area contributed by atoms with E-state index in [2.05, 4.69) is 55.2 Å². The van der Waals surface area contributed by atoms with Crippen LogP contribution in [0, 0.1) is 0 Å². The molecular weight excluding hydrogens is 361 g/mol. The fourth-order valence-electron chi connectivity index (χ4n) is 3.96. The molecule has 0 saturated carbocycles. The summed E-state index contributed by atoms with van der Waals surface area (Å²) in [6, 6.07) is 18.5. The molecule has 0 unspecified atom stereocenters. The summed E-state index contributed by atoms with van der Waals surface area (Å²) in [7, 11) is 3.80. The summed E-state index contributed by atoms with van der Waals surface area (Å²) in [6.07, 6.45) is -0.606. The quantitative estimate of drug-likeness (QED) is 0.676. The second-order valence-corrected chi connectivity index (χ2v) is 10.8. The second kappa shape index (κ2) is 6.05. The number of nitrogens with zero attached hydrogens (tertiary/aromatic N) is 3. The Bertz CT molecular complexity index is 968. The van der Waals surface area contributed by atoms with Crippen LogP contribution in [0.4, 0.5) is 11.4 Å². The Kier molecular flexibility index (Phi) is 4.07. The maximum atomic E-state index is 6.10. The zero-order valence-electron chi connectivity index (χ0n) is 15.4. The minimum Gasteiger partial charge on any atom is -0.346 e. The standard InChI is InChI=1S/C20H22N3OPS/c1-20(2)16-12-8-9-13-17(16)22(3)19(20)18-14-21-23(25(18,26)24-4)15-10-6-5-7-11-15/h5-14H,1-4H3/b19-18-/t25-/m1/s1. The number of anilines is 2. The number of hydrogen-bond donors (Lipinski definition) is 0. The van der Waals surface area contributed by atoms with Crippen LogP contribution in [0.5, 0.6) is 0 Å². The lowest BCUT2D eigenvalue weighted by Gasteiger charge is -2.32. The van der Waals surface area contributed by atoms with E-state index in [9.17, 15) is 0 Å². The van der Waals surface area contributed by atoms with Gasteiger partial charge < -0.3 is 9.42 Å². The maximum absolute atomic E-state index is 6.10. The average molecular weight is 383 g/mol. The molecule has 4 nitrogen and oxygen atoms in total. The molecule has 0 spiro atoms. The van der Waals surface area contributed by atoms with Crippen molar-refractivity contribution in [3.8, 4) is 0 Å². The second-order valence-electron chi connectivity index (χ2n) is 7.01. The van der Waals surface area contributed by atoms with Gasteiger partial charge in [0, 0.05) is 31.0 Å². The van der Waals surface area contributed by atoms with Crippen LogP contribution >= 0.6 is 6.42 Å². The first-order valence-corrected chi connectivity index (χ1v) is 11.2. The predicted molar refractivity (Wildman–Crippen MR) is 114 cm³/mol. The van der Waals surface area contributed by atoms with Gasteiger partial charge in [0.2, 0.25) is 6.42 Å². The zero-order valence-corrected chi connectivity index (χ0v) is 17.1. The molecular formula is C20H22N3OPS. The minimum absolute atomic E-state index is 0.165. The Morgan fingerprint density at radius 2 is 1.69 bits per heavy atom. The van der Waals surface area contributed by atoms with E-state index in [1.54, 1.807) is 7.11 Å². The SMILES string of the molecule is CO[P@@]1(=S)/C(=C2\N(C)c3ccccc3C2(C)C)C=NN1c1ccccc1. The lowest BCUT2D eigenvalue weighted by atomic mass is 9.84. The fourth-order valence-corrected chi connectivity index (χ4v) is 6.84. The van der Waals surface area contributed by atoms with Gasteiger partial charge in [-0.2, -0.15) is 5.10 Å². The van der Waals surface area contributed by atoms with Crippen LogP contribution in [-0.2, 0) is 21.7 Å². The molecule has 1 atom stereocenters. The largest absolute Gasteiger partial charge is 0.346 e. The van der Waals surface area contributed by atoms with Crippen LogP contribution in [0.1, 0.15) is 19.4 Å². The van der Waals surface area contributed by atoms with Gasteiger partial charge >= 0.3 is 0 Å². The van der Waals surface area contributed by atoms with Crippen molar-refractivity contribution in [3.63, 3.8) is 0 Å². The molecule has 2 aliphatic rings. The van der Waals surface area contributed by atoms with Gasteiger partial charge in [0.1, 0.15) is 0 Å². The number of likely N-dealkylation sites (N-methyl/N-ethyl adjacent to an activating group) is 1. The Labute approximate surface area is 159 Å². The normalized spacial score (nSPS) is 26.5. The van der Waals surface area contributed by atoms with Gasteiger partial charge in [-0.05, 0) is 35.6 Å². The number of rotatable bonds is 2. The highest BCUT2D eigenvalue weighted by Crippen LogP contribution is 2.65. The Morgan fingerprint density at radius 3 is 2.35 bits per heavy atom.